The van der Waals surface area contributed by atoms with E-state index in [4.69, 9.17) is 0 Å². The van der Waals surface area contributed by atoms with Crippen LogP contribution in [0.5, 0.6) is 0 Å². The Morgan fingerprint density at radius 1 is 1.33 bits per heavy atom. The van der Waals surface area contributed by atoms with Crippen molar-refractivity contribution < 1.29 is 9.53 Å². The van der Waals surface area contributed by atoms with E-state index in [-0.39, 0.29) is 5.97 Å². The van der Waals surface area contributed by atoms with Crippen molar-refractivity contribution in [3.05, 3.63) is 0 Å². The quantitative estimate of drug-likeness (QED) is 0.596. The first-order chi connectivity index (χ1) is 5.60. The molecule has 0 aliphatic carbocycles. The molecular formula is C10H20O2. The number of carbonyl (C=O) groups is 1. The smallest absolute Gasteiger partial charge is 0.305 e. The fourth-order valence-electron chi connectivity index (χ4n) is 1.30. The van der Waals surface area contributed by atoms with Gasteiger partial charge in [-0.1, -0.05) is 27.2 Å². The van der Waals surface area contributed by atoms with Crippen LogP contribution in [-0.4, -0.2) is 13.1 Å². The SMILES string of the molecule is CC[C@H](C)C[C@H](C)CC(=O)OC. The Labute approximate surface area is 75.3 Å². The van der Waals surface area contributed by atoms with E-state index in [9.17, 15) is 4.79 Å². The number of carbonyl (C=O) groups excluding carboxylic acids is 1. The van der Waals surface area contributed by atoms with E-state index in [1.165, 1.54) is 13.5 Å². The molecule has 0 aromatic heterocycles. The van der Waals surface area contributed by atoms with Crippen molar-refractivity contribution in [2.24, 2.45) is 11.8 Å². The Balaban J connectivity index is 3.58. The number of ether oxygens (including phenoxy) is 1. The number of hydrogen-bond donors (Lipinski definition) is 0. The highest BCUT2D eigenvalue weighted by Gasteiger charge is 2.11. The van der Waals surface area contributed by atoms with Gasteiger partial charge in [-0.3, -0.25) is 4.79 Å². The topological polar surface area (TPSA) is 26.3 Å². The van der Waals surface area contributed by atoms with Crippen LogP contribution in [0.15, 0.2) is 0 Å². The van der Waals surface area contributed by atoms with E-state index < -0.39 is 0 Å². The Bertz CT molecular complexity index is 132. The molecule has 0 aromatic rings. The fraction of sp³-hybridized carbons (Fsp3) is 0.900. The van der Waals surface area contributed by atoms with Gasteiger partial charge >= 0.3 is 5.97 Å². The first-order valence-electron chi connectivity index (χ1n) is 4.66. The number of methoxy groups -OCH3 is 1. The van der Waals surface area contributed by atoms with Gasteiger partial charge in [0.2, 0.25) is 0 Å². The van der Waals surface area contributed by atoms with E-state index in [0.717, 1.165) is 6.42 Å². The van der Waals surface area contributed by atoms with Crippen LogP contribution in [0.4, 0.5) is 0 Å². The molecule has 12 heavy (non-hydrogen) atoms. The summed E-state index contributed by atoms with van der Waals surface area (Å²) in [6.45, 7) is 6.49. The van der Waals surface area contributed by atoms with Gasteiger partial charge in [-0.2, -0.15) is 0 Å². The largest absolute Gasteiger partial charge is 0.469 e. The van der Waals surface area contributed by atoms with E-state index in [1.54, 1.807) is 0 Å². The van der Waals surface area contributed by atoms with Crippen LogP contribution >= 0.6 is 0 Å². The second-order valence-electron chi connectivity index (χ2n) is 3.63. The first-order valence-corrected chi connectivity index (χ1v) is 4.66. The fourth-order valence-corrected chi connectivity index (χ4v) is 1.30. The van der Waals surface area contributed by atoms with Crippen LogP contribution in [0, 0.1) is 11.8 Å². The van der Waals surface area contributed by atoms with Crippen LogP contribution in [0.25, 0.3) is 0 Å². The Morgan fingerprint density at radius 2 is 1.92 bits per heavy atom. The van der Waals surface area contributed by atoms with Gasteiger partial charge in [0.1, 0.15) is 0 Å². The molecule has 0 N–H and O–H groups in total. The third-order valence-corrected chi connectivity index (χ3v) is 2.24. The van der Waals surface area contributed by atoms with Gasteiger partial charge in [-0.15, -0.1) is 0 Å². The summed E-state index contributed by atoms with van der Waals surface area (Å²) in [5.41, 5.74) is 0. The normalized spacial score (nSPS) is 15.3. The van der Waals surface area contributed by atoms with Crippen LogP contribution in [0.2, 0.25) is 0 Å². The lowest BCUT2D eigenvalue weighted by Crippen LogP contribution is -2.09. The van der Waals surface area contributed by atoms with Crippen LogP contribution in [0.1, 0.15) is 40.0 Å². The van der Waals surface area contributed by atoms with Gasteiger partial charge in [0.15, 0.2) is 0 Å². The van der Waals surface area contributed by atoms with Crippen molar-refractivity contribution in [3.8, 4) is 0 Å². The van der Waals surface area contributed by atoms with E-state index in [0.29, 0.717) is 18.3 Å². The molecule has 0 fully saturated rings. The molecule has 0 radical (unpaired) electrons. The van der Waals surface area contributed by atoms with Crippen molar-refractivity contribution in [1.29, 1.82) is 0 Å². The minimum absolute atomic E-state index is 0.0918. The van der Waals surface area contributed by atoms with Gasteiger partial charge in [0.25, 0.3) is 0 Å². The highest BCUT2D eigenvalue weighted by Crippen LogP contribution is 2.17. The van der Waals surface area contributed by atoms with Crippen LogP contribution in [-0.2, 0) is 9.53 Å². The molecule has 0 bridgehead atoms. The van der Waals surface area contributed by atoms with Crippen molar-refractivity contribution in [2.75, 3.05) is 7.11 Å². The van der Waals surface area contributed by atoms with Crippen molar-refractivity contribution >= 4 is 5.97 Å². The molecule has 72 valence electrons. The maximum Gasteiger partial charge on any atom is 0.305 e. The highest BCUT2D eigenvalue weighted by atomic mass is 16.5. The summed E-state index contributed by atoms with van der Waals surface area (Å²) in [7, 11) is 1.44. The predicted molar refractivity (Wildman–Crippen MR) is 49.9 cm³/mol. The van der Waals surface area contributed by atoms with Gasteiger partial charge in [-0.05, 0) is 18.3 Å². The number of esters is 1. The third kappa shape index (κ3) is 5.16. The molecule has 2 nitrogen and oxygen atoms in total. The van der Waals surface area contributed by atoms with E-state index >= 15 is 0 Å². The number of hydrogen-bond acceptors (Lipinski definition) is 2. The second-order valence-corrected chi connectivity index (χ2v) is 3.63. The summed E-state index contributed by atoms with van der Waals surface area (Å²) >= 11 is 0. The molecular weight excluding hydrogens is 152 g/mol. The Hall–Kier alpha value is -0.530. The molecule has 0 heterocycles. The lowest BCUT2D eigenvalue weighted by Gasteiger charge is -2.14. The van der Waals surface area contributed by atoms with Crippen molar-refractivity contribution in [3.63, 3.8) is 0 Å². The molecule has 0 rings (SSSR count). The zero-order valence-electron chi connectivity index (χ0n) is 8.59. The average molecular weight is 172 g/mol. The van der Waals surface area contributed by atoms with Gasteiger partial charge in [0.05, 0.1) is 7.11 Å². The summed E-state index contributed by atoms with van der Waals surface area (Å²) in [5.74, 6) is 1.07. The summed E-state index contributed by atoms with van der Waals surface area (Å²) in [4.78, 5) is 10.9. The third-order valence-electron chi connectivity index (χ3n) is 2.24. The summed E-state index contributed by atoms with van der Waals surface area (Å²) in [6, 6.07) is 0. The van der Waals surface area contributed by atoms with Crippen LogP contribution < -0.4 is 0 Å². The van der Waals surface area contributed by atoms with E-state index in [2.05, 4.69) is 25.5 Å². The summed E-state index contributed by atoms with van der Waals surface area (Å²) in [5, 5.41) is 0. The Morgan fingerprint density at radius 3 is 2.33 bits per heavy atom. The minimum atomic E-state index is -0.0918. The van der Waals surface area contributed by atoms with E-state index in [1.807, 2.05) is 0 Å². The van der Waals surface area contributed by atoms with Gasteiger partial charge in [0, 0.05) is 6.42 Å². The predicted octanol–water partition coefficient (Wildman–Crippen LogP) is 2.62. The molecule has 0 aliphatic heterocycles. The maximum atomic E-state index is 10.9. The number of rotatable bonds is 5. The zero-order chi connectivity index (χ0) is 9.56. The van der Waals surface area contributed by atoms with Gasteiger partial charge < -0.3 is 4.74 Å². The second kappa shape index (κ2) is 6.04. The zero-order valence-corrected chi connectivity index (χ0v) is 8.59. The van der Waals surface area contributed by atoms with Crippen molar-refractivity contribution in [1.82, 2.24) is 0 Å². The molecule has 0 aromatic carbocycles. The first kappa shape index (κ1) is 11.5. The minimum Gasteiger partial charge on any atom is -0.469 e. The lowest BCUT2D eigenvalue weighted by atomic mass is 9.93. The highest BCUT2D eigenvalue weighted by molar-refractivity contribution is 5.69. The van der Waals surface area contributed by atoms with Gasteiger partial charge in [-0.25, -0.2) is 0 Å². The van der Waals surface area contributed by atoms with Crippen molar-refractivity contribution in [2.45, 2.75) is 40.0 Å². The molecule has 0 spiro atoms. The molecule has 0 amide bonds. The standard InChI is InChI=1S/C10H20O2/c1-5-8(2)6-9(3)7-10(11)12-4/h8-9H,5-7H2,1-4H3/t8-,9-/m0/s1. The summed E-state index contributed by atoms with van der Waals surface area (Å²) in [6.07, 6.45) is 2.86. The maximum absolute atomic E-state index is 10.9. The molecule has 0 saturated carbocycles. The Kier molecular flexibility index (Phi) is 5.77. The molecule has 2 atom stereocenters. The monoisotopic (exact) mass is 172 g/mol. The molecule has 0 saturated heterocycles. The average Bonchev–Trinajstić information content (AvgIpc) is 2.03. The summed E-state index contributed by atoms with van der Waals surface area (Å²) < 4.78 is 4.60. The molecule has 0 unspecified atom stereocenters. The molecule has 2 heteroatoms. The molecule has 0 aliphatic rings. The lowest BCUT2D eigenvalue weighted by molar-refractivity contribution is -0.141. The van der Waals surface area contributed by atoms with Crippen LogP contribution in [0.3, 0.4) is 0 Å².